The number of nitrogens with two attached hydrogens (primary N) is 1. The summed E-state index contributed by atoms with van der Waals surface area (Å²) in [5, 5.41) is 0. The van der Waals surface area contributed by atoms with Gasteiger partial charge in [0.15, 0.2) is 5.78 Å². The molecule has 0 saturated heterocycles. The van der Waals surface area contributed by atoms with E-state index in [1.54, 1.807) is 6.08 Å². The average molecular weight is 181 g/mol. The van der Waals surface area contributed by atoms with E-state index in [2.05, 4.69) is 0 Å². The number of hydrogen-bond donors (Lipinski definition) is 1. The number of hydrogen-bond acceptors (Lipinski definition) is 2. The number of carbonyl (C=O) groups excluding carboxylic acids is 1. The van der Waals surface area contributed by atoms with E-state index >= 15 is 0 Å². The summed E-state index contributed by atoms with van der Waals surface area (Å²) in [4.78, 5) is 11.9. The van der Waals surface area contributed by atoms with Crippen molar-refractivity contribution >= 4 is 5.78 Å². The Morgan fingerprint density at radius 2 is 1.92 bits per heavy atom. The van der Waals surface area contributed by atoms with Gasteiger partial charge in [-0.3, -0.25) is 4.79 Å². The molecular weight excluding hydrogens is 162 g/mol. The van der Waals surface area contributed by atoms with E-state index in [0.717, 1.165) is 31.3 Å². The lowest BCUT2D eigenvalue weighted by molar-refractivity contribution is -0.123. The maximum Gasteiger partial charge on any atom is 0.163 e. The molecule has 1 saturated carbocycles. The van der Waals surface area contributed by atoms with E-state index in [9.17, 15) is 4.79 Å². The van der Waals surface area contributed by atoms with Crippen molar-refractivity contribution in [3.8, 4) is 0 Å². The van der Waals surface area contributed by atoms with Crippen LogP contribution in [-0.2, 0) is 4.79 Å². The van der Waals surface area contributed by atoms with Crippen molar-refractivity contribution in [1.29, 1.82) is 0 Å². The minimum Gasteiger partial charge on any atom is -0.329 e. The van der Waals surface area contributed by atoms with Crippen LogP contribution >= 0.6 is 0 Å². The molecule has 2 nitrogen and oxygen atoms in total. The molecule has 1 aliphatic carbocycles. The van der Waals surface area contributed by atoms with Crippen LogP contribution in [0, 0.1) is 5.41 Å². The molecule has 13 heavy (non-hydrogen) atoms. The van der Waals surface area contributed by atoms with E-state index in [1.165, 1.54) is 0 Å². The summed E-state index contributed by atoms with van der Waals surface area (Å²) in [6, 6.07) is 0. The Bertz CT molecular complexity index is 220. The first-order chi connectivity index (χ1) is 6.10. The predicted molar refractivity (Wildman–Crippen MR) is 54.4 cm³/mol. The topological polar surface area (TPSA) is 43.1 Å². The second kappa shape index (κ2) is 4.05. The Hall–Kier alpha value is -0.630. The third kappa shape index (κ3) is 2.19. The van der Waals surface area contributed by atoms with E-state index in [-0.39, 0.29) is 11.2 Å². The second-order valence-corrected chi connectivity index (χ2v) is 4.28. The summed E-state index contributed by atoms with van der Waals surface area (Å²) in [7, 11) is 0. The fraction of sp³-hybridized carbons (Fsp3) is 0.727. The van der Waals surface area contributed by atoms with Gasteiger partial charge in [-0.15, -0.1) is 0 Å². The summed E-state index contributed by atoms with van der Waals surface area (Å²) in [5.74, 6) is 0.243. The standard InChI is InChI=1S/C11H19NO/c1-9(2)7-10(13)11(8-12)5-3-4-6-11/h7H,3-6,8,12H2,1-2H3. The van der Waals surface area contributed by atoms with Crippen LogP contribution in [0.3, 0.4) is 0 Å². The van der Waals surface area contributed by atoms with Gasteiger partial charge in [0.1, 0.15) is 0 Å². The highest BCUT2D eigenvalue weighted by Gasteiger charge is 2.38. The maximum atomic E-state index is 11.9. The van der Waals surface area contributed by atoms with Gasteiger partial charge in [-0.1, -0.05) is 18.4 Å². The Morgan fingerprint density at radius 3 is 2.31 bits per heavy atom. The minimum atomic E-state index is -0.211. The molecule has 0 aromatic heterocycles. The summed E-state index contributed by atoms with van der Waals surface area (Å²) in [6.45, 7) is 4.42. The van der Waals surface area contributed by atoms with E-state index in [0.29, 0.717) is 6.54 Å². The van der Waals surface area contributed by atoms with E-state index in [1.807, 2.05) is 13.8 Å². The van der Waals surface area contributed by atoms with Gasteiger partial charge in [0.25, 0.3) is 0 Å². The third-order valence-electron chi connectivity index (χ3n) is 2.89. The summed E-state index contributed by atoms with van der Waals surface area (Å²) < 4.78 is 0. The van der Waals surface area contributed by atoms with Crippen LogP contribution in [0.25, 0.3) is 0 Å². The van der Waals surface area contributed by atoms with Gasteiger partial charge in [0, 0.05) is 12.0 Å². The molecule has 2 heteroatoms. The molecule has 0 aromatic rings. The predicted octanol–water partition coefficient (Wildman–Crippen LogP) is 2.04. The van der Waals surface area contributed by atoms with Gasteiger partial charge in [0.2, 0.25) is 0 Å². The van der Waals surface area contributed by atoms with Crippen molar-refractivity contribution in [3.05, 3.63) is 11.6 Å². The Balaban J connectivity index is 2.77. The first-order valence-electron chi connectivity index (χ1n) is 5.00. The molecule has 0 aliphatic heterocycles. The summed E-state index contributed by atoms with van der Waals surface area (Å²) in [6.07, 6.45) is 6.01. The zero-order chi connectivity index (χ0) is 9.90. The van der Waals surface area contributed by atoms with Gasteiger partial charge in [-0.05, 0) is 32.8 Å². The van der Waals surface area contributed by atoms with Crippen LogP contribution in [0.2, 0.25) is 0 Å². The highest BCUT2D eigenvalue weighted by Crippen LogP contribution is 2.38. The van der Waals surface area contributed by atoms with Crippen molar-refractivity contribution in [2.75, 3.05) is 6.54 Å². The van der Waals surface area contributed by atoms with Crippen LogP contribution in [0.5, 0.6) is 0 Å². The SMILES string of the molecule is CC(C)=CC(=O)C1(CN)CCCC1. The molecule has 0 aromatic carbocycles. The van der Waals surface area contributed by atoms with Crippen molar-refractivity contribution in [3.63, 3.8) is 0 Å². The fourth-order valence-corrected chi connectivity index (χ4v) is 2.02. The van der Waals surface area contributed by atoms with Crippen molar-refractivity contribution in [2.45, 2.75) is 39.5 Å². The smallest absolute Gasteiger partial charge is 0.163 e. The first-order valence-corrected chi connectivity index (χ1v) is 5.00. The molecule has 74 valence electrons. The second-order valence-electron chi connectivity index (χ2n) is 4.28. The molecule has 0 atom stereocenters. The summed E-state index contributed by atoms with van der Waals surface area (Å²) in [5.41, 5.74) is 6.56. The molecule has 0 spiro atoms. The highest BCUT2D eigenvalue weighted by atomic mass is 16.1. The van der Waals surface area contributed by atoms with Gasteiger partial charge >= 0.3 is 0 Å². The highest BCUT2D eigenvalue weighted by molar-refractivity contribution is 5.95. The number of rotatable bonds is 3. The quantitative estimate of drug-likeness (QED) is 0.677. The van der Waals surface area contributed by atoms with Gasteiger partial charge < -0.3 is 5.73 Å². The van der Waals surface area contributed by atoms with Crippen LogP contribution in [0.4, 0.5) is 0 Å². The van der Waals surface area contributed by atoms with Gasteiger partial charge in [-0.25, -0.2) is 0 Å². The maximum absolute atomic E-state index is 11.9. The molecule has 1 fully saturated rings. The monoisotopic (exact) mass is 181 g/mol. The number of carbonyl (C=O) groups is 1. The van der Waals surface area contributed by atoms with Crippen molar-refractivity contribution < 1.29 is 4.79 Å². The minimum absolute atomic E-state index is 0.211. The van der Waals surface area contributed by atoms with Crippen LogP contribution < -0.4 is 5.73 Å². The van der Waals surface area contributed by atoms with Crippen LogP contribution in [-0.4, -0.2) is 12.3 Å². The molecule has 0 unspecified atom stereocenters. The Kier molecular flexibility index (Phi) is 3.26. The molecule has 2 N–H and O–H groups in total. The van der Waals surface area contributed by atoms with E-state index < -0.39 is 0 Å². The molecule has 0 heterocycles. The van der Waals surface area contributed by atoms with Gasteiger partial charge in [0.05, 0.1) is 0 Å². The molecule has 1 rings (SSSR count). The van der Waals surface area contributed by atoms with Crippen molar-refractivity contribution in [1.82, 2.24) is 0 Å². The lowest BCUT2D eigenvalue weighted by Crippen LogP contribution is -2.35. The number of allylic oxidation sites excluding steroid dienone is 2. The van der Waals surface area contributed by atoms with E-state index in [4.69, 9.17) is 5.73 Å². The molecule has 0 amide bonds. The molecule has 1 aliphatic rings. The first kappa shape index (κ1) is 10.5. The lowest BCUT2D eigenvalue weighted by Gasteiger charge is -2.23. The zero-order valence-corrected chi connectivity index (χ0v) is 8.60. The Morgan fingerprint density at radius 1 is 1.38 bits per heavy atom. The van der Waals surface area contributed by atoms with Crippen LogP contribution in [0.1, 0.15) is 39.5 Å². The molecule has 0 radical (unpaired) electrons. The molecular formula is C11H19NO. The Labute approximate surface area is 80.2 Å². The normalized spacial score (nSPS) is 19.9. The zero-order valence-electron chi connectivity index (χ0n) is 8.60. The van der Waals surface area contributed by atoms with Crippen molar-refractivity contribution in [2.24, 2.45) is 11.1 Å². The summed E-state index contributed by atoms with van der Waals surface area (Å²) >= 11 is 0. The third-order valence-corrected chi connectivity index (χ3v) is 2.89. The van der Waals surface area contributed by atoms with Crippen LogP contribution in [0.15, 0.2) is 11.6 Å². The number of ketones is 1. The molecule has 0 bridgehead atoms. The fourth-order valence-electron chi connectivity index (χ4n) is 2.02. The average Bonchev–Trinajstić information content (AvgIpc) is 2.51. The van der Waals surface area contributed by atoms with Gasteiger partial charge in [-0.2, -0.15) is 0 Å². The largest absolute Gasteiger partial charge is 0.329 e. The lowest BCUT2D eigenvalue weighted by atomic mass is 9.81.